The fourth-order valence-electron chi connectivity index (χ4n) is 2.75. The van der Waals surface area contributed by atoms with Gasteiger partial charge in [-0.15, -0.1) is 0 Å². The smallest absolute Gasteiger partial charge is 0.132 e. The maximum atomic E-state index is 5.82. The van der Waals surface area contributed by atoms with Gasteiger partial charge in [-0.05, 0) is 20.3 Å². The van der Waals surface area contributed by atoms with Crippen LogP contribution < -0.4 is 10.6 Å². The largest absolute Gasteiger partial charge is 0.354 e. The van der Waals surface area contributed by atoms with Crippen LogP contribution in [0.25, 0.3) is 0 Å². The SMILES string of the molecule is CCC(CN)N1CCN(c2cc(C)nc(C)n2)CC1. The molecule has 106 valence electrons. The lowest BCUT2D eigenvalue weighted by atomic mass is 10.1. The van der Waals surface area contributed by atoms with Gasteiger partial charge < -0.3 is 10.6 Å². The van der Waals surface area contributed by atoms with Gasteiger partial charge in [-0.3, -0.25) is 4.90 Å². The summed E-state index contributed by atoms with van der Waals surface area (Å²) in [6, 6.07) is 2.60. The molecule has 2 N–H and O–H groups in total. The molecule has 0 amide bonds. The van der Waals surface area contributed by atoms with Crippen molar-refractivity contribution in [2.24, 2.45) is 5.73 Å². The van der Waals surface area contributed by atoms with Crippen molar-refractivity contribution in [1.29, 1.82) is 0 Å². The molecular weight excluding hydrogens is 238 g/mol. The zero-order chi connectivity index (χ0) is 13.8. The number of piperazine rings is 1. The molecule has 2 heterocycles. The van der Waals surface area contributed by atoms with E-state index in [0.717, 1.165) is 56.5 Å². The Morgan fingerprint density at radius 2 is 1.89 bits per heavy atom. The highest BCUT2D eigenvalue weighted by atomic mass is 15.3. The summed E-state index contributed by atoms with van der Waals surface area (Å²) in [6.07, 6.45) is 1.13. The van der Waals surface area contributed by atoms with E-state index < -0.39 is 0 Å². The summed E-state index contributed by atoms with van der Waals surface area (Å²) in [5.41, 5.74) is 6.86. The van der Waals surface area contributed by atoms with Crippen molar-refractivity contribution in [2.75, 3.05) is 37.6 Å². The predicted molar refractivity (Wildman–Crippen MR) is 78.4 cm³/mol. The van der Waals surface area contributed by atoms with Gasteiger partial charge in [0.05, 0.1) is 0 Å². The van der Waals surface area contributed by atoms with Crippen LogP contribution in [0.5, 0.6) is 0 Å². The van der Waals surface area contributed by atoms with Crippen LogP contribution in [-0.2, 0) is 0 Å². The Hall–Kier alpha value is -1.20. The topological polar surface area (TPSA) is 58.3 Å². The molecule has 1 aromatic heterocycles. The molecule has 1 aromatic rings. The second-order valence-corrected chi connectivity index (χ2v) is 5.24. The monoisotopic (exact) mass is 263 g/mol. The molecule has 0 aromatic carbocycles. The predicted octanol–water partition coefficient (Wildman–Crippen LogP) is 0.953. The van der Waals surface area contributed by atoms with Gasteiger partial charge >= 0.3 is 0 Å². The number of nitrogens with two attached hydrogens (primary N) is 1. The zero-order valence-electron chi connectivity index (χ0n) is 12.3. The van der Waals surface area contributed by atoms with E-state index in [9.17, 15) is 0 Å². The van der Waals surface area contributed by atoms with Crippen molar-refractivity contribution in [2.45, 2.75) is 33.2 Å². The molecule has 1 aliphatic rings. The average Bonchev–Trinajstić information content (AvgIpc) is 2.40. The number of aryl methyl sites for hydroxylation is 2. The Labute approximate surface area is 115 Å². The van der Waals surface area contributed by atoms with Crippen molar-refractivity contribution in [3.63, 3.8) is 0 Å². The zero-order valence-corrected chi connectivity index (χ0v) is 12.3. The van der Waals surface area contributed by atoms with E-state index in [1.165, 1.54) is 0 Å². The van der Waals surface area contributed by atoms with Crippen LogP contribution >= 0.6 is 0 Å². The van der Waals surface area contributed by atoms with Crippen molar-refractivity contribution in [3.8, 4) is 0 Å². The summed E-state index contributed by atoms with van der Waals surface area (Å²) in [4.78, 5) is 13.7. The van der Waals surface area contributed by atoms with Crippen molar-refractivity contribution in [1.82, 2.24) is 14.9 Å². The van der Waals surface area contributed by atoms with Gasteiger partial charge in [0.1, 0.15) is 11.6 Å². The highest BCUT2D eigenvalue weighted by Crippen LogP contribution is 2.16. The lowest BCUT2D eigenvalue weighted by molar-refractivity contribution is 0.184. The lowest BCUT2D eigenvalue weighted by Crippen LogP contribution is -2.52. The van der Waals surface area contributed by atoms with Crippen LogP contribution in [0.3, 0.4) is 0 Å². The number of hydrogen-bond donors (Lipinski definition) is 1. The molecule has 0 radical (unpaired) electrons. The van der Waals surface area contributed by atoms with Gasteiger partial charge in [0, 0.05) is 50.5 Å². The Bertz CT molecular complexity index is 388. The minimum absolute atomic E-state index is 0.524. The van der Waals surface area contributed by atoms with E-state index in [2.05, 4.69) is 32.8 Å². The van der Waals surface area contributed by atoms with Gasteiger partial charge in [0.15, 0.2) is 0 Å². The molecular formula is C14H25N5. The first kappa shape index (κ1) is 14.2. The Balaban J connectivity index is 1.99. The molecule has 2 rings (SSSR count). The minimum Gasteiger partial charge on any atom is -0.354 e. The molecule has 19 heavy (non-hydrogen) atoms. The fourth-order valence-corrected chi connectivity index (χ4v) is 2.75. The van der Waals surface area contributed by atoms with Crippen molar-refractivity contribution in [3.05, 3.63) is 17.6 Å². The van der Waals surface area contributed by atoms with Crippen LogP contribution in [0.2, 0.25) is 0 Å². The fraction of sp³-hybridized carbons (Fsp3) is 0.714. The lowest BCUT2D eigenvalue weighted by Gasteiger charge is -2.39. The first-order valence-corrected chi connectivity index (χ1v) is 7.15. The van der Waals surface area contributed by atoms with E-state index in [1.807, 2.05) is 13.8 Å². The molecule has 0 aliphatic carbocycles. The van der Waals surface area contributed by atoms with Crippen LogP contribution in [0.1, 0.15) is 24.9 Å². The first-order chi connectivity index (χ1) is 9.13. The number of aromatic nitrogens is 2. The second-order valence-electron chi connectivity index (χ2n) is 5.24. The number of hydrogen-bond acceptors (Lipinski definition) is 5. The van der Waals surface area contributed by atoms with Gasteiger partial charge in [-0.25, -0.2) is 9.97 Å². The molecule has 0 saturated carbocycles. The third-order valence-electron chi connectivity index (χ3n) is 3.85. The number of rotatable bonds is 4. The second kappa shape index (κ2) is 6.30. The highest BCUT2D eigenvalue weighted by Gasteiger charge is 2.22. The summed E-state index contributed by atoms with van der Waals surface area (Å²) in [6.45, 7) is 11.1. The summed E-state index contributed by atoms with van der Waals surface area (Å²) in [5, 5.41) is 0. The molecule has 5 heteroatoms. The van der Waals surface area contributed by atoms with Gasteiger partial charge in [0.25, 0.3) is 0 Å². The molecule has 1 saturated heterocycles. The van der Waals surface area contributed by atoms with Gasteiger partial charge in [-0.1, -0.05) is 6.92 Å². The maximum absolute atomic E-state index is 5.82. The standard InChI is InChI=1S/C14H25N5/c1-4-13(10-15)18-5-7-19(8-6-18)14-9-11(2)16-12(3)17-14/h9,13H,4-8,10,15H2,1-3H3. The molecule has 0 bridgehead atoms. The van der Waals surface area contributed by atoms with E-state index in [1.54, 1.807) is 0 Å². The van der Waals surface area contributed by atoms with Crippen LogP contribution in [0, 0.1) is 13.8 Å². The third kappa shape index (κ3) is 3.42. The molecule has 5 nitrogen and oxygen atoms in total. The summed E-state index contributed by atoms with van der Waals surface area (Å²) >= 11 is 0. The summed E-state index contributed by atoms with van der Waals surface area (Å²) in [7, 11) is 0. The van der Waals surface area contributed by atoms with Crippen molar-refractivity contribution >= 4 is 5.82 Å². The molecule has 1 fully saturated rings. The van der Waals surface area contributed by atoms with E-state index in [0.29, 0.717) is 6.04 Å². The third-order valence-corrected chi connectivity index (χ3v) is 3.85. The van der Waals surface area contributed by atoms with E-state index in [-0.39, 0.29) is 0 Å². The molecule has 1 aliphatic heterocycles. The van der Waals surface area contributed by atoms with Crippen molar-refractivity contribution < 1.29 is 0 Å². The molecule has 1 atom stereocenters. The molecule has 0 spiro atoms. The number of nitrogens with zero attached hydrogens (tertiary/aromatic N) is 4. The van der Waals surface area contributed by atoms with Crippen LogP contribution in [0.15, 0.2) is 6.07 Å². The Morgan fingerprint density at radius 3 is 2.42 bits per heavy atom. The van der Waals surface area contributed by atoms with Gasteiger partial charge in [0.2, 0.25) is 0 Å². The summed E-state index contributed by atoms with van der Waals surface area (Å²) < 4.78 is 0. The van der Waals surface area contributed by atoms with Crippen LogP contribution in [-0.4, -0.2) is 53.6 Å². The summed E-state index contributed by atoms with van der Waals surface area (Å²) in [5.74, 6) is 1.91. The van der Waals surface area contributed by atoms with E-state index >= 15 is 0 Å². The van der Waals surface area contributed by atoms with E-state index in [4.69, 9.17) is 5.73 Å². The molecule has 1 unspecified atom stereocenters. The number of anilines is 1. The van der Waals surface area contributed by atoms with Gasteiger partial charge in [-0.2, -0.15) is 0 Å². The Morgan fingerprint density at radius 1 is 1.21 bits per heavy atom. The van der Waals surface area contributed by atoms with Crippen LogP contribution in [0.4, 0.5) is 5.82 Å². The maximum Gasteiger partial charge on any atom is 0.132 e. The Kier molecular flexibility index (Phi) is 4.71. The quantitative estimate of drug-likeness (QED) is 0.876. The first-order valence-electron chi connectivity index (χ1n) is 7.15. The average molecular weight is 263 g/mol. The minimum atomic E-state index is 0.524. The highest BCUT2D eigenvalue weighted by molar-refractivity contribution is 5.40. The normalized spacial score (nSPS) is 18.6.